The molecule has 0 aromatic carbocycles. The summed E-state index contributed by atoms with van der Waals surface area (Å²) in [6, 6.07) is 2.33. The van der Waals surface area contributed by atoms with Crippen molar-refractivity contribution in [3.63, 3.8) is 0 Å². The van der Waals surface area contributed by atoms with E-state index in [1.807, 2.05) is 0 Å². The molecule has 3 rings (SSSR count). The molecule has 1 aliphatic carbocycles. The van der Waals surface area contributed by atoms with Gasteiger partial charge in [-0.25, -0.2) is 0 Å². The van der Waals surface area contributed by atoms with Crippen LogP contribution in [0.4, 0.5) is 5.69 Å². The number of hydrogen-bond donors (Lipinski definition) is 1. The summed E-state index contributed by atoms with van der Waals surface area (Å²) in [5.74, 6) is 0. The molecule has 0 radical (unpaired) electrons. The predicted octanol–water partition coefficient (Wildman–Crippen LogP) is 3.09. The number of hydrogen-bond acceptors (Lipinski definition) is 3. The lowest BCUT2D eigenvalue weighted by Gasteiger charge is -2.19. The zero-order chi connectivity index (χ0) is 11.1. The monoisotopic (exact) mass is 236 g/mol. The van der Waals surface area contributed by atoms with E-state index in [2.05, 4.69) is 34.8 Å². The van der Waals surface area contributed by atoms with Gasteiger partial charge < -0.3 is 5.32 Å². The summed E-state index contributed by atoms with van der Waals surface area (Å²) in [6.45, 7) is 5.80. The van der Waals surface area contributed by atoms with E-state index in [4.69, 9.17) is 0 Å². The van der Waals surface area contributed by atoms with Crippen LogP contribution in [0.2, 0.25) is 0 Å². The van der Waals surface area contributed by atoms with E-state index in [1.54, 1.807) is 11.3 Å². The Bertz CT molecular complexity index is 370. The predicted molar refractivity (Wildman–Crippen MR) is 70.3 cm³/mol. The van der Waals surface area contributed by atoms with Crippen molar-refractivity contribution in [3.8, 4) is 0 Å². The van der Waals surface area contributed by atoms with Crippen LogP contribution in [0.15, 0.2) is 10.8 Å². The zero-order valence-electron chi connectivity index (χ0n) is 10.1. The van der Waals surface area contributed by atoms with Crippen molar-refractivity contribution in [1.82, 2.24) is 4.90 Å². The van der Waals surface area contributed by atoms with Crippen LogP contribution in [0.1, 0.15) is 31.7 Å². The Kier molecular flexibility index (Phi) is 2.68. The van der Waals surface area contributed by atoms with Gasteiger partial charge in [0.1, 0.15) is 0 Å². The first kappa shape index (κ1) is 10.6. The number of nitrogens with zero attached hydrogens (tertiary/aromatic N) is 1. The maximum Gasteiger partial charge on any atom is 0.0481 e. The summed E-state index contributed by atoms with van der Waals surface area (Å²) in [6.07, 6.45) is 4.15. The van der Waals surface area contributed by atoms with Crippen LogP contribution >= 0.6 is 11.3 Å². The molecular formula is C13H20N2S. The summed E-state index contributed by atoms with van der Waals surface area (Å²) in [5.41, 5.74) is 2.74. The van der Waals surface area contributed by atoms with Crippen molar-refractivity contribution in [1.29, 1.82) is 0 Å². The zero-order valence-corrected chi connectivity index (χ0v) is 10.9. The highest BCUT2D eigenvalue weighted by Crippen LogP contribution is 2.34. The Hall–Kier alpha value is -0.540. The van der Waals surface area contributed by atoms with E-state index in [-0.39, 0.29) is 0 Å². The average molecular weight is 236 g/mol. The molecule has 2 atom stereocenters. The number of nitrogens with one attached hydrogen (secondary N) is 1. The van der Waals surface area contributed by atoms with Crippen molar-refractivity contribution in [2.45, 2.75) is 51.2 Å². The highest BCUT2D eigenvalue weighted by atomic mass is 32.1. The SMILES string of the molecule is Cc1cscc1NC1CC(C)N(C2CC2)C1. The fourth-order valence-electron chi connectivity index (χ4n) is 2.80. The topological polar surface area (TPSA) is 15.3 Å². The minimum Gasteiger partial charge on any atom is -0.380 e. The molecule has 2 unspecified atom stereocenters. The molecule has 88 valence electrons. The third-order valence-corrected chi connectivity index (χ3v) is 4.72. The molecule has 2 heterocycles. The van der Waals surface area contributed by atoms with Gasteiger partial charge in [0.05, 0.1) is 0 Å². The van der Waals surface area contributed by atoms with Gasteiger partial charge in [0.15, 0.2) is 0 Å². The van der Waals surface area contributed by atoms with E-state index in [0.29, 0.717) is 6.04 Å². The third-order valence-electron chi connectivity index (χ3n) is 3.85. The second-order valence-electron chi connectivity index (χ2n) is 5.32. The van der Waals surface area contributed by atoms with Gasteiger partial charge in [-0.2, -0.15) is 0 Å². The molecule has 1 aromatic rings. The van der Waals surface area contributed by atoms with Crippen molar-refractivity contribution < 1.29 is 0 Å². The minimum absolute atomic E-state index is 0.656. The van der Waals surface area contributed by atoms with Crippen LogP contribution in [0.3, 0.4) is 0 Å². The van der Waals surface area contributed by atoms with Crippen LogP contribution in [0.25, 0.3) is 0 Å². The lowest BCUT2D eigenvalue weighted by atomic mass is 10.2. The van der Waals surface area contributed by atoms with E-state index in [0.717, 1.165) is 12.1 Å². The van der Waals surface area contributed by atoms with Crippen LogP contribution in [-0.4, -0.2) is 29.6 Å². The maximum atomic E-state index is 3.70. The van der Waals surface area contributed by atoms with Crippen molar-refractivity contribution in [2.75, 3.05) is 11.9 Å². The number of aryl methyl sites for hydroxylation is 1. The van der Waals surface area contributed by atoms with E-state index in [1.165, 1.54) is 37.1 Å². The summed E-state index contributed by atoms with van der Waals surface area (Å²) >= 11 is 1.79. The maximum absolute atomic E-state index is 3.70. The molecular weight excluding hydrogens is 216 g/mol. The number of anilines is 1. The van der Waals surface area contributed by atoms with Crippen molar-refractivity contribution in [3.05, 3.63) is 16.3 Å². The van der Waals surface area contributed by atoms with Gasteiger partial charge in [-0.1, -0.05) is 0 Å². The van der Waals surface area contributed by atoms with E-state index < -0.39 is 0 Å². The number of thiophene rings is 1. The van der Waals surface area contributed by atoms with Gasteiger partial charge in [-0.15, -0.1) is 11.3 Å². The standard InChI is InChI=1S/C13H20N2S/c1-9-7-16-8-13(9)14-11-5-10(2)15(6-11)12-3-4-12/h7-8,10-12,14H,3-6H2,1-2H3. The molecule has 1 aliphatic heterocycles. The molecule has 1 aromatic heterocycles. The van der Waals surface area contributed by atoms with Crippen LogP contribution in [0, 0.1) is 6.92 Å². The molecule has 1 saturated carbocycles. The second kappa shape index (κ2) is 4.04. The molecule has 2 nitrogen and oxygen atoms in total. The Morgan fingerprint density at radius 1 is 1.38 bits per heavy atom. The Morgan fingerprint density at radius 3 is 2.81 bits per heavy atom. The molecule has 0 amide bonds. The van der Waals surface area contributed by atoms with E-state index >= 15 is 0 Å². The molecule has 1 saturated heterocycles. The van der Waals surface area contributed by atoms with Crippen LogP contribution in [0.5, 0.6) is 0 Å². The fraction of sp³-hybridized carbons (Fsp3) is 0.692. The minimum atomic E-state index is 0.656. The van der Waals surface area contributed by atoms with Crippen molar-refractivity contribution in [2.24, 2.45) is 0 Å². The first-order valence-corrected chi connectivity index (χ1v) is 7.23. The second-order valence-corrected chi connectivity index (χ2v) is 6.07. The highest BCUT2D eigenvalue weighted by molar-refractivity contribution is 7.08. The first-order valence-electron chi connectivity index (χ1n) is 6.29. The van der Waals surface area contributed by atoms with Gasteiger partial charge in [-0.05, 0) is 44.1 Å². The van der Waals surface area contributed by atoms with E-state index in [9.17, 15) is 0 Å². The Balaban J connectivity index is 1.63. The summed E-state index contributed by atoms with van der Waals surface area (Å²) in [7, 11) is 0. The Labute approximate surface area is 102 Å². The fourth-order valence-corrected chi connectivity index (χ4v) is 3.59. The van der Waals surface area contributed by atoms with Gasteiger partial charge in [-0.3, -0.25) is 4.90 Å². The van der Waals surface area contributed by atoms with Gasteiger partial charge >= 0.3 is 0 Å². The normalized spacial score (nSPS) is 30.9. The number of likely N-dealkylation sites (tertiary alicyclic amines) is 1. The molecule has 1 N–H and O–H groups in total. The smallest absolute Gasteiger partial charge is 0.0481 e. The molecule has 2 aliphatic rings. The van der Waals surface area contributed by atoms with Crippen LogP contribution < -0.4 is 5.32 Å². The molecule has 2 fully saturated rings. The molecule has 16 heavy (non-hydrogen) atoms. The summed E-state index contributed by atoms with van der Waals surface area (Å²) < 4.78 is 0. The first-order chi connectivity index (χ1) is 7.74. The summed E-state index contributed by atoms with van der Waals surface area (Å²) in [5, 5.41) is 8.16. The van der Waals surface area contributed by atoms with Crippen molar-refractivity contribution >= 4 is 17.0 Å². The number of rotatable bonds is 3. The lowest BCUT2D eigenvalue weighted by molar-refractivity contribution is 0.257. The van der Waals surface area contributed by atoms with Gasteiger partial charge in [0, 0.05) is 35.7 Å². The average Bonchev–Trinajstić information content (AvgIpc) is 2.92. The van der Waals surface area contributed by atoms with Crippen LogP contribution in [-0.2, 0) is 0 Å². The van der Waals surface area contributed by atoms with Gasteiger partial charge in [0.2, 0.25) is 0 Å². The lowest BCUT2D eigenvalue weighted by Crippen LogP contribution is -2.31. The largest absolute Gasteiger partial charge is 0.380 e. The quantitative estimate of drug-likeness (QED) is 0.867. The molecule has 3 heteroatoms. The Morgan fingerprint density at radius 2 is 2.19 bits per heavy atom. The molecule has 0 bridgehead atoms. The summed E-state index contributed by atoms with van der Waals surface area (Å²) in [4.78, 5) is 2.69. The van der Waals surface area contributed by atoms with Gasteiger partial charge in [0.25, 0.3) is 0 Å². The molecule has 0 spiro atoms. The highest BCUT2D eigenvalue weighted by Gasteiger charge is 2.38. The third kappa shape index (κ3) is 1.98.